The van der Waals surface area contributed by atoms with Crippen LogP contribution in [0, 0.1) is 0 Å². The van der Waals surface area contributed by atoms with Crippen molar-refractivity contribution in [1.29, 1.82) is 0 Å². The predicted molar refractivity (Wildman–Crippen MR) is 61.5 cm³/mol. The second kappa shape index (κ2) is 3.01. The molecule has 1 N–H and O–H groups in total. The van der Waals surface area contributed by atoms with Crippen molar-refractivity contribution in [2.24, 2.45) is 0 Å². The van der Waals surface area contributed by atoms with E-state index in [2.05, 4.69) is 22.6 Å². The number of carboxylic acid groups (broad SMARTS) is 1. The van der Waals surface area contributed by atoms with E-state index in [1.54, 1.807) is 11.8 Å². The lowest BCUT2D eigenvalue weighted by atomic mass is 9.98. The summed E-state index contributed by atoms with van der Waals surface area (Å²) >= 11 is 3.66. The van der Waals surface area contributed by atoms with Crippen molar-refractivity contribution >= 4 is 46.2 Å². The zero-order chi connectivity index (χ0) is 10.7. The number of thioether (sulfide) groups is 1. The van der Waals surface area contributed by atoms with E-state index in [1.807, 2.05) is 13.8 Å². The number of carbonyl (C=O) groups excluding carboxylic acids is 1. The van der Waals surface area contributed by atoms with Crippen LogP contribution in [0.1, 0.15) is 13.8 Å². The van der Waals surface area contributed by atoms with Gasteiger partial charge in [0.25, 0.3) is 0 Å². The van der Waals surface area contributed by atoms with Crippen molar-refractivity contribution in [3.63, 3.8) is 0 Å². The number of β-lactam (4-membered cyclic amide) rings is 1. The van der Waals surface area contributed by atoms with Gasteiger partial charge in [-0.2, -0.15) is 0 Å². The largest absolute Gasteiger partial charge is 0.480 e. The van der Waals surface area contributed by atoms with Crippen LogP contribution in [-0.2, 0) is 9.59 Å². The first-order valence-electron chi connectivity index (χ1n) is 4.23. The van der Waals surface area contributed by atoms with Crippen LogP contribution in [0.25, 0.3) is 0 Å². The van der Waals surface area contributed by atoms with Crippen LogP contribution < -0.4 is 0 Å². The standard InChI is InChI=1S/C8H10INO3S/c1-8(2)4(7(12)13)10-5(11)3(9)6(10)14-8/h3-4,6H,1-2H3,(H,12,13)/t3-,4-,6+/m0/s1. The minimum Gasteiger partial charge on any atom is -0.480 e. The van der Waals surface area contributed by atoms with Crippen LogP contribution in [0.2, 0.25) is 0 Å². The fourth-order valence-electron chi connectivity index (χ4n) is 1.97. The van der Waals surface area contributed by atoms with Crippen LogP contribution in [0.4, 0.5) is 0 Å². The Balaban J connectivity index is 2.32. The SMILES string of the molecule is CC1(C)S[C@@H]2[C@@H](I)C(=O)N2[C@H]1C(=O)O. The molecule has 0 spiro atoms. The van der Waals surface area contributed by atoms with Crippen molar-refractivity contribution in [2.45, 2.75) is 33.9 Å². The topological polar surface area (TPSA) is 57.6 Å². The smallest absolute Gasteiger partial charge is 0.327 e. The van der Waals surface area contributed by atoms with Gasteiger partial charge in [-0.1, -0.05) is 22.6 Å². The highest BCUT2D eigenvalue weighted by atomic mass is 127. The number of fused-ring (bicyclic) bond motifs is 1. The molecule has 2 aliphatic heterocycles. The Morgan fingerprint density at radius 3 is 2.71 bits per heavy atom. The zero-order valence-corrected chi connectivity index (χ0v) is 10.7. The minimum atomic E-state index is -0.901. The number of alkyl halides is 1. The van der Waals surface area contributed by atoms with Gasteiger partial charge in [0.1, 0.15) is 15.3 Å². The third kappa shape index (κ3) is 1.19. The number of rotatable bonds is 1. The zero-order valence-electron chi connectivity index (χ0n) is 7.73. The Hall–Kier alpha value is 0.0200. The summed E-state index contributed by atoms with van der Waals surface area (Å²) in [4.78, 5) is 24.0. The summed E-state index contributed by atoms with van der Waals surface area (Å²) in [6, 6.07) is -0.670. The Kier molecular flexibility index (Phi) is 2.26. The van der Waals surface area contributed by atoms with Crippen LogP contribution in [-0.4, -0.2) is 42.0 Å². The first-order chi connectivity index (χ1) is 6.36. The number of halogens is 1. The molecule has 0 aromatic rings. The quantitative estimate of drug-likeness (QED) is 0.442. The van der Waals surface area contributed by atoms with Gasteiger partial charge in [0, 0.05) is 4.75 Å². The molecule has 78 valence electrons. The average molecular weight is 327 g/mol. The van der Waals surface area contributed by atoms with Crippen LogP contribution in [0.15, 0.2) is 0 Å². The molecule has 0 saturated carbocycles. The molecule has 2 aliphatic rings. The van der Waals surface area contributed by atoms with Gasteiger partial charge in [0.15, 0.2) is 0 Å². The minimum absolute atomic E-state index is 0.0407. The van der Waals surface area contributed by atoms with Crippen LogP contribution in [0.3, 0.4) is 0 Å². The highest BCUT2D eigenvalue weighted by Gasteiger charge is 2.62. The van der Waals surface area contributed by atoms with E-state index in [1.165, 1.54) is 4.90 Å². The molecule has 0 aromatic carbocycles. The summed E-state index contributed by atoms with van der Waals surface area (Å²) in [6.45, 7) is 3.76. The first kappa shape index (κ1) is 10.5. The van der Waals surface area contributed by atoms with Gasteiger partial charge in [0.05, 0.1) is 0 Å². The number of hydrogen-bond acceptors (Lipinski definition) is 3. The number of aliphatic carboxylic acids is 1. The Morgan fingerprint density at radius 2 is 2.21 bits per heavy atom. The average Bonchev–Trinajstić information content (AvgIpc) is 2.34. The molecule has 0 bridgehead atoms. The van der Waals surface area contributed by atoms with Crippen molar-refractivity contribution in [1.82, 2.24) is 4.90 Å². The molecular formula is C8H10INO3S. The molecule has 1 amide bonds. The number of hydrogen-bond donors (Lipinski definition) is 1. The normalized spacial score (nSPS) is 39.2. The molecule has 4 nitrogen and oxygen atoms in total. The molecule has 14 heavy (non-hydrogen) atoms. The van der Waals surface area contributed by atoms with E-state index in [0.717, 1.165) is 0 Å². The molecule has 0 aromatic heterocycles. The summed E-state index contributed by atoms with van der Waals surface area (Å²) in [7, 11) is 0. The van der Waals surface area contributed by atoms with E-state index in [9.17, 15) is 9.59 Å². The molecule has 6 heteroatoms. The maximum absolute atomic E-state index is 11.5. The fourth-order valence-corrected chi connectivity index (χ4v) is 4.62. The molecule has 2 rings (SSSR count). The number of amides is 1. The Morgan fingerprint density at radius 1 is 1.64 bits per heavy atom. The number of nitrogens with zero attached hydrogens (tertiary/aromatic N) is 1. The van der Waals surface area contributed by atoms with Gasteiger partial charge in [-0.15, -0.1) is 11.8 Å². The maximum atomic E-state index is 11.5. The van der Waals surface area contributed by atoms with Crippen molar-refractivity contribution in [3.8, 4) is 0 Å². The van der Waals surface area contributed by atoms with Gasteiger partial charge in [-0.3, -0.25) is 4.79 Å². The lowest BCUT2D eigenvalue weighted by molar-refractivity contribution is -0.156. The number of carboxylic acids is 1. The molecule has 0 unspecified atom stereocenters. The van der Waals surface area contributed by atoms with Crippen molar-refractivity contribution < 1.29 is 14.7 Å². The Bertz CT molecular complexity index is 320. The molecule has 2 saturated heterocycles. The summed E-state index contributed by atoms with van der Waals surface area (Å²) in [6.07, 6.45) is 0. The maximum Gasteiger partial charge on any atom is 0.327 e. The lowest BCUT2D eigenvalue weighted by Crippen LogP contribution is -2.63. The summed E-state index contributed by atoms with van der Waals surface area (Å²) in [5.74, 6) is -0.942. The molecule has 0 radical (unpaired) electrons. The van der Waals surface area contributed by atoms with Gasteiger partial charge < -0.3 is 10.0 Å². The van der Waals surface area contributed by atoms with Crippen LogP contribution >= 0.6 is 34.4 Å². The third-order valence-electron chi connectivity index (χ3n) is 2.61. The van der Waals surface area contributed by atoms with Gasteiger partial charge in [0.2, 0.25) is 5.91 Å². The van der Waals surface area contributed by atoms with E-state index in [-0.39, 0.29) is 20.0 Å². The van der Waals surface area contributed by atoms with E-state index in [4.69, 9.17) is 5.11 Å². The van der Waals surface area contributed by atoms with Crippen molar-refractivity contribution in [3.05, 3.63) is 0 Å². The molecule has 3 atom stereocenters. The molecule has 2 heterocycles. The second-order valence-corrected chi connectivity index (χ2v) is 7.11. The van der Waals surface area contributed by atoms with Gasteiger partial charge in [-0.25, -0.2) is 4.79 Å². The second-order valence-electron chi connectivity index (χ2n) is 4.00. The highest BCUT2D eigenvalue weighted by Crippen LogP contribution is 2.52. The number of carbonyl (C=O) groups is 2. The van der Waals surface area contributed by atoms with Gasteiger partial charge in [-0.05, 0) is 13.8 Å². The summed E-state index contributed by atoms with van der Waals surface area (Å²) in [5.41, 5.74) is 0. The summed E-state index contributed by atoms with van der Waals surface area (Å²) < 4.78 is -0.437. The molecule has 0 aliphatic carbocycles. The van der Waals surface area contributed by atoms with E-state index < -0.39 is 12.0 Å². The van der Waals surface area contributed by atoms with Crippen LogP contribution in [0.5, 0.6) is 0 Å². The first-order valence-corrected chi connectivity index (χ1v) is 6.35. The lowest BCUT2D eigenvalue weighted by Gasteiger charge is -2.40. The fraction of sp³-hybridized carbons (Fsp3) is 0.750. The monoisotopic (exact) mass is 327 g/mol. The van der Waals surface area contributed by atoms with Crippen molar-refractivity contribution in [2.75, 3.05) is 0 Å². The van der Waals surface area contributed by atoms with E-state index in [0.29, 0.717) is 0 Å². The molecule has 2 fully saturated rings. The van der Waals surface area contributed by atoms with Gasteiger partial charge >= 0.3 is 5.97 Å². The Labute approximate surface area is 99.5 Å². The predicted octanol–water partition coefficient (Wildman–Crippen LogP) is 0.937. The third-order valence-corrected chi connectivity index (χ3v) is 5.88. The molecular weight excluding hydrogens is 317 g/mol. The summed E-state index contributed by atoms with van der Waals surface area (Å²) in [5, 5.41) is 9.12. The highest BCUT2D eigenvalue weighted by molar-refractivity contribution is 14.1. The van der Waals surface area contributed by atoms with E-state index >= 15 is 0 Å².